The zero-order chi connectivity index (χ0) is 40.2. The summed E-state index contributed by atoms with van der Waals surface area (Å²) in [5, 5.41) is 0. The number of allylic oxidation sites excluding steroid dienone is 1. The zero-order valence-electron chi connectivity index (χ0n) is 33.0. The van der Waals surface area contributed by atoms with E-state index in [1.54, 1.807) is 97.1 Å². The topological polar surface area (TPSA) is 97.4 Å². The molecule has 57 heavy (non-hydrogen) atoms. The molecule has 0 saturated carbocycles. The number of hydrogen-bond acceptors (Lipinski definition) is 8. The molecule has 0 bridgehead atoms. The lowest BCUT2D eigenvalue weighted by Crippen LogP contribution is -2.10. The number of ether oxygens (including phenoxy) is 5. The maximum Gasteiger partial charge on any atom is 0.343 e. The summed E-state index contributed by atoms with van der Waals surface area (Å²) in [6.45, 7) is 9.27. The van der Waals surface area contributed by atoms with E-state index in [1.165, 1.54) is 32.1 Å². The van der Waals surface area contributed by atoms with Crippen LogP contribution in [-0.2, 0) is 0 Å². The molecule has 0 N–H and O–H groups in total. The van der Waals surface area contributed by atoms with Crippen LogP contribution in [0.25, 0.3) is 11.1 Å². The second kappa shape index (κ2) is 22.4. The first kappa shape index (κ1) is 42.0. The Kier molecular flexibility index (Phi) is 16.5. The number of unbranched alkanes of at least 4 members (excludes halogenated alkanes) is 7. The quantitative estimate of drug-likeness (QED) is 0.0297. The first-order chi connectivity index (χ1) is 27.8. The van der Waals surface area contributed by atoms with Crippen LogP contribution in [0.5, 0.6) is 28.7 Å². The third kappa shape index (κ3) is 13.8. The molecule has 0 spiro atoms. The predicted molar refractivity (Wildman–Crippen MR) is 224 cm³/mol. The van der Waals surface area contributed by atoms with Crippen LogP contribution in [0.1, 0.15) is 103 Å². The van der Waals surface area contributed by atoms with Gasteiger partial charge < -0.3 is 23.7 Å². The van der Waals surface area contributed by atoms with Crippen LogP contribution in [-0.4, -0.2) is 31.1 Å². The molecule has 0 heterocycles. The van der Waals surface area contributed by atoms with Crippen molar-refractivity contribution in [1.29, 1.82) is 0 Å². The lowest BCUT2D eigenvalue weighted by atomic mass is 10.1. The molecule has 0 aliphatic heterocycles. The normalized spacial score (nSPS) is 11.3. The highest BCUT2D eigenvalue weighted by molar-refractivity contribution is 5.93. The molecule has 8 nitrogen and oxygen atoms in total. The Labute approximate surface area is 336 Å². The van der Waals surface area contributed by atoms with Gasteiger partial charge >= 0.3 is 17.9 Å². The van der Waals surface area contributed by atoms with Crippen molar-refractivity contribution in [2.45, 2.75) is 71.6 Å². The molecule has 5 aromatic rings. The van der Waals surface area contributed by atoms with E-state index in [2.05, 4.69) is 20.4 Å². The molecule has 5 rings (SSSR count). The molecule has 0 saturated heterocycles. The summed E-state index contributed by atoms with van der Waals surface area (Å²) in [5.74, 6) is 1.39. The first-order valence-electron chi connectivity index (χ1n) is 19.8. The van der Waals surface area contributed by atoms with Gasteiger partial charge in [-0.1, -0.05) is 82.7 Å². The summed E-state index contributed by atoms with van der Waals surface area (Å²) in [6, 6.07) is 34.2. The number of benzene rings is 5. The van der Waals surface area contributed by atoms with Gasteiger partial charge in [-0.25, -0.2) is 14.4 Å². The number of hydrogen-bond donors (Lipinski definition) is 0. The van der Waals surface area contributed by atoms with Crippen molar-refractivity contribution in [3.8, 4) is 39.9 Å². The highest BCUT2D eigenvalue weighted by Gasteiger charge is 2.14. The molecule has 0 unspecified atom stereocenters. The highest BCUT2D eigenvalue weighted by atomic mass is 16.5. The van der Waals surface area contributed by atoms with Gasteiger partial charge in [-0.2, -0.15) is 0 Å². The predicted octanol–water partition coefficient (Wildman–Crippen LogP) is 12.1. The SMILES string of the molecule is C=CCCCCCCCCCOc1ccc(C(=O)Oc2ccc(C(=O)Oc3ccc(-c4cccc(OC(=O)c5ccc(OC[C@@H](C)CC)cc5)c4)cc3)cc2)cc1. The summed E-state index contributed by atoms with van der Waals surface area (Å²) in [5.41, 5.74) is 2.77. The van der Waals surface area contributed by atoms with Crippen LogP contribution in [0.3, 0.4) is 0 Å². The Bertz CT molecular complexity index is 2020. The van der Waals surface area contributed by atoms with Crippen LogP contribution in [0.2, 0.25) is 0 Å². The molecule has 296 valence electrons. The number of esters is 3. The molecule has 8 heteroatoms. The van der Waals surface area contributed by atoms with Gasteiger partial charge in [0.1, 0.15) is 28.7 Å². The highest BCUT2D eigenvalue weighted by Crippen LogP contribution is 2.27. The van der Waals surface area contributed by atoms with Gasteiger partial charge in [-0.15, -0.1) is 6.58 Å². The van der Waals surface area contributed by atoms with E-state index in [0.29, 0.717) is 64.6 Å². The lowest BCUT2D eigenvalue weighted by Gasteiger charge is -2.11. The van der Waals surface area contributed by atoms with Crippen molar-refractivity contribution in [3.05, 3.63) is 151 Å². The van der Waals surface area contributed by atoms with E-state index < -0.39 is 17.9 Å². The Hall–Kier alpha value is -6.15. The van der Waals surface area contributed by atoms with Crippen molar-refractivity contribution in [2.24, 2.45) is 5.92 Å². The Morgan fingerprint density at radius 1 is 0.526 bits per heavy atom. The standard InChI is InChI=1S/C49H52O8/c1-4-6-7-8-9-10-11-12-13-33-53-42-25-19-38(20-26-42)47(50)56-45-31-23-40(24-32-45)48(51)55-44-29-17-37(18-30-44)41-15-14-16-46(34-41)57-49(52)39-21-27-43(28-22-39)54-35-36(3)5-2/h4,14-32,34,36H,1,5-13,33,35H2,2-3H3/t36-/m0/s1. The van der Waals surface area contributed by atoms with Crippen molar-refractivity contribution in [1.82, 2.24) is 0 Å². The third-order valence-corrected chi connectivity index (χ3v) is 9.48. The van der Waals surface area contributed by atoms with Crippen LogP contribution >= 0.6 is 0 Å². The summed E-state index contributed by atoms with van der Waals surface area (Å²) >= 11 is 0. The van der Waals surface area contributed by atoms with Crippen LogP contribution in [0.4, 0.5) is 0 Å². The van der Waals surface area contributed by atoms with Gasteiger partial charge in [0, 0.05) is 0 Å². The van der Waals surface area contributed by atoms with Gasteiger partial charge in [-0.3, -0.25) is 0 Å². The van der Waals surface area contributed by atoms with E-state index in [4.69, 9.17) is 23.7 Å². The van der Waals surface area contributed by atoms with Gasteiger partial charge in [0.25, 0.3) is 0 Å². The van der Waals surface area contributed by atoms with Gasteiger partial charge in [0.05, 0.1) is 29.9 Å². The van der Waals surface area contributed by atoms with Crippen LogP contribution in [0, 0.1) is 5.92 Å². The van der Waals surface area contributed by atoms with Gasteiger partial charge in [-0.05, 0) is 133 Å². The molecular weight excluding hydrogens is 717 g/mol. The minimum atomic E-state index is -0.556. The van der Waals surface area contributed by atoms with Crippen molar-refractivity contribution >= 4 is 17.9 Å². The van der Waals surface area contributed by atoms with E-state index in [1.807, 2.05) is 30.3 Å². The van der Waals surface area contributed by atoms with Crippen molar-refractivity contribution in [2.75, 3.05) is 13.2 Å². The minimum absolute atomic E-state index is 0.298. The van der Waals surface area contributed by atoms with Crippen LogP contribution < -0.4 is 23.7 Å². The summed E-state index contributed by atoms with van der Waals surface area (Å²) in [7, 11) is 0. The molecular formula is C49H52O8. The van der Waals surface area contributed by atoms with Crippen molar-refractivity contribution < 1.29 is 38.1 Å². The molecule has 0 aliphatic rings. The molecule has 0 aromatic heterocycles. The van der Waals surface area contributed by atoms with Gasteiger partial charge in [0.15, 0.2) is 0 Å². The monoisotopic (exact) mass is 768 g/mol. The average molecular weight is 769 g/mol. The smallest absolute Gasteiger partial charge is 0.343 e. The summed E-state index contributed by atoms with van der Waals surface area (Å²) in [6.07, 6.45) is 12.5. The van der Waals surface area contributed by atoms with E-state index >= 15 is 0 Å². The largest absolute Gasteiger partial charge is 0.494 e. The number of carbonyl (C=O) groups is 3. The maximum atomic E-state index is 12.9. The Morgan fingerprint density at radius 3 is 1.51 bits per heavy atom. The van der Waals surface area contributed by atoms with E-state index in [-0.39, 0.29) is 0 Å². The molecule has 0 aliphatic carbocycles. The zero-order valence-corrected chi connectivity index (χ0v) is 33.0. The average Bonchev–Trinajstić information content (AvgIpc) is 3.24. The molecule has 0 amide bonds. The van der Waals surface area contributed by atoms with E-state index in [9.17, 15) is 14.4 Å². The number of carbonyl (C=O) groups excluding carboxylic acids is 3. The van der Waals surface area contributed by atoms with Crippen LogP contribution in [0.15, 0.2) is 134 Å². The Balaban J connectivity index is 1.04. The van der Waals surface area contributed by atoms with Gasteiger partial charge in [0.2, 0.25) is 0 Å². The fourth-order valence-corrected chi connectivity index (χ4v) is 5.81. The molecule has 5 aromatic carbocycles. The lowest BCUT2D eigenvalue weighted by molar-refractivity contribution is 0.0723. The second-order valence-corrected chi connectivity index (χ2v) is 14.0. The fourth-order valence-electron chi connectivity index (χ4n) is 5.81. The molecule has 0 fully saturated rings. The fraction of sp³-hybridized carbons (Fsp3) is 0.286. The minimum Gasteiger partial charge on any atom is -0.494 e. The molecule has 1 atom stereocenters. The summed E-state index contributed by atoms with van der Waals surface area (Å²) in [4.78, 5) is 38.5. The van der Waals surface area contributed by atoms with Crippen molar-refractivity contribution in [3.63, 3.8) is 0 Å². The summed E-state index contributed by atoms with van der Waals surface area (Å²) < 4.78 is 28.4. The second-order valence-electron chi connectivity index (χ2n) is 14.0. The first-order valence-corrected chi connectivity index (χ1v) is 19.8. The third-order valence-electron chi connectivity index (χ3n) is 9.48. The van der Waals surface area contributed by atoms with E-state index in [0.717, 1.165) is 36.8 Å². The Morgan fingerprint density at radius 2 is 0.982 bits per heavy atom. The maximum absolute atomic E-state index is 12.9. The number of rotatable bonds is 22. The molecule has 0 radical (unpaired) electrons.